The number of unbranched alkanes of at least 4 members (excludes halogenated alkanes) is 20. The minimum atomic E-state index is -1.64. The third kappa shape index (κ3) is 64.6. The predicted molar refractivity (Wildman–Crippen MR) is 352 cm³/mol. The van der Waals surface area contributed by atoms with E-state index < -0.39 is 24.3 Å². The zero-order chi connectivity index (χ0) is 60.5. The zero-order valence-corrected chi connectivity index (χ0v) is 53.5. The van der Waals surface area contributed by atoms with Gasteiger partial charge in [0, 0.05) is 12.8 Å². The lowest BCUT2D eigenvalue weighted by atomic mass is 10.1. The van der Waals surface area contributed by atoms with Crippen LogP contribution in [0.5, 0.6) is 0 Å². The summed E-state index contributed by atoms with van der Waals surface area (Å²) >= 11 is 0. The van der Waals surface area contributed by atoms with Crippen LogP contribution in [0.1, 0.15) is 245 Å². The van der Waals surface area contributed by atoms with Crippen molar-refractivity contribution >= 4 is 17.9 Å². The summed E-state index contributed by atoms with van der Waals surface area (Å²) in [5, 5.41) is 11.8. The first-order chi connectivity index (χ1) is 40.6. The predicted octanol–water partition coefficient (Wildman–Crippen LogP) is 19.0. The van der Waals surface area contributed by atoms with E-state index in [-0.39, 0.29) is 38.6 Å². The Kier molecular flexibility index (Phi) is 59.5. The van der Waals surface area contributed by atoms with Gasteiger partial charge in [-0.05, 0) is 122 Å². The lowest BCUT2D eigenvalue weighted by Gasteiger charge is -2.26. The van der Waals surface area contributed by atoms with Crippen LogP contribution in [0.25, 0.3) is 0 Å². The highest BCUT2D eigenvalue weighted by Crippen LogP contribution is 2.15. The molecule has 0 aromatic carbocycles. The molecule has 9 heteroatoms. The van der Waals surface area contributed by atoms with Gasteiger partial charge in [-0.3, -0.25) is 9.59 Å². The molecule has 0 fully saturated rings. The maximum absolute atomic E-state index is 12.9. The van der Waals surface area contributed by atoms with Crippen LogP contribution in [0, 0.1) is 0 Å². The molecule has 0 aliphatic rings. The van der Waals surface area contributed by atoms with Crippen LogP contribution in [-0.2, 0) is 33.3 Å². The van der Waals surface area contributed by atoms with Gasteiger partial charge >= 0.3 is 11.9 Å². The van der Waals surface area contributed by atoms with Crippen LogP contribution in [0.4, 0.5) is 0 Å². The zero-order valence-electron chi connectivity index (χ0n) is 53.5. The van der Waals surface area contributed by atoms with Crippen molar-refractivity contribution in [1.29, 1.82) is 0 Å². The van der Waals surface area contributed by atoms with Gasteiger partial charge in [-0.2, -0.15) is 0 Å². The Hall–Kier alpha value is -4.83. The number of likely N-dealkylation sites (N-methyl/N-ethyl adjacent to an activating group) is 1. The Morgan fingerprint density at radius 3 is 1.02 bits per heavy atom. The molecule has 0 radical (unpaired) electrons. The largest absolute Gasteiger partial charge is 0.545 e. The molecule has 0 saturated heterocycles. The Morgan fingerprint density at radius 2 is 0.687 bits per heavy atom. The topological polar surface area (TPSA) is 111 Å². The summed E-state index contributed by atoms with van der Waals surface area (Å²) < 4.78 is 22.7. The minimum absolute atomic E-state index is 0.137. The number of hydrogen-bond acceptors (Lipinski definition) is 8. The van der Waals surface area contributed by atoms with Crippen LogP contribution in [0.3, 0.4) is 0 Å². The van der Waals surface area contributed by atoms with Gasteiger partial charge in [0.1, 0.15) is 13.2 Å². The molecular formula is C74H121NO8. The first-order valence-corrected chi connectivity index (χ1v) is 33.0. The van der Waals surface area contributed by atoms with Crippen molar-refractivity contribution in [2.45, 2.75) is 257 Å². The minimum Gasteiger partial charge on any atom is -0.545 e. The van der Waals surface area contributed by atoms with E-state index in [0.29, 0.717) is 17.4 Å². The van der Waals surface area contributed by atoms with Crippen molar-refractivity contribution in [2.75, 3.05) is 47.5 Å². The molecule has 0 N–H and O–H groups in total. The molecule has 0 rings (SSSR count). The van der Waals surface area contributed by atoms with E-state index in [1.807, 2.05) is 21.1 Å². The van der Waals surface area contributed by atoms with Crippen molar-refractivity contribution in [3.8, 4) is 0 Å². The van der Waals surface area contributed by atoms with Gasteiger partial charge in [-0.25, -0.2) is 0 Å². The van der Waals surface area contributed by atoms with Crippen molar-refractivity contribution in [1.82, 2.24) is 0 Å². The Balaban J connectivity index is 4.23. The number of carboxylic acid groups (broad SMARTS) is 1. The Labute approximate surface area is 509 Å². The SMILES string of the molecule is CC/C=C\C/C=C\C/C=C\C/C=C\C/C=C\C/C=C\C/C=C\C/C=C\C/C=C\CCCCCCCCCCCC(=O)OC(COC(=O)CCCCCCCC/C=C\C/C=C\C/C=C\CCCCCCC)COC(OCC[N+](C)(C)C)C(=O)[O-]. The second kappa shape index (κ2) is 63.2. The monoisotopic (exact) mass is 1150 g/mol. The summed E-state index contributed by atoms with van der Waals surface area (Å²) in [7, 11) is 5.91. The number of carbonyl (C=O) groups is 3. The molecule has 0 spiro atoms. The Morgan fingerprint density at radius 1 is 0.373 bits per heavy atom. The fourth-order valence-electron chi connectivity index (χ4n) is 8.54. The van der Waals surface area contributed by atoms with E-state index >= 15 is 0 Å². The van der Waals surface area contributed by atoms with E-state index in [0.717, 1.165) is 135 Å². The molecule has 0 amide bonds. The van der Waals surface area contributed by atoms with Crippen LogP contribution in [0.15, 0.2) is 146 Å². The number of nitrogens with zero attached hydrogens (tertiary/aromatic N) is 1. The van der Waals surface area contributed by atoms with Crippen LogP contribution in [-0.4, -0.2) is 82.3 Å². The number of esters is 2. The third-order valence-corrected chi connectivity index (χ3v) is 13.6. The van der Waals surface area contributed by atoms with E-state index in [2.05, 4.69) is 160 Å². The van der Waals surface area contributed by atoms with Crippen molar-refractivity contribution in [2.24, 2.45) is 0 Å². The number of carbonyl (C=O) groups excluding carboxylic acids is 3. The van der Waals surface area contributed by atoms with E-state index in [9.17, 15) is 19.5 Å². The molecule has 2 atom stereocenters. The summed E-state index contributed by atoms with van der Waals surface area (Å²) in [6.07, 6.45) is 89.0. The average Bonchev–Trinajstić information content (AvgIpc) is 3.46. The van der Waals surface area contributed by atoms with E-state index in [1.54, 1.807) is 0 Å². The molecule has 0 aromatic rings. The number of quaternary nitrogens is 1. The number of rotatable bonds is 59. The van der Waals surface area contributed by atoms with Crippen molar-refractivity contribution in [3.05, 3.63) is 146 Å². The molecular weight excluding hydrogens is 1030 g/mol. The van der Waals surface area contributed by atoms with Crippen LogP contribution >= 0.6 is 0 Å². The fraction of sp³-hybridized carbons (Fsp3) is 0.635. The lowest BCUT2D eigenvalue weighted by Crippen LogP contribution is -2.44. The highest BCUT2D eigenvalue weighted by molar-refractivity contribution is 5.70. The van der Waals surface area contributed by atoms with Crippen molar-refractivity contribution < 1.29 is 42.9 Å². The quantitative estimate of drug-likeness (QED) is 0.0195. The summed E-state index contributed by atoms with van der Waals surface area (Å²) in [5.74, 6) is -2.32. The lowest BCUT2D eigenvalue weighted by molar-refractivity contribution is -0.870. The van der Waals surface area contributed by atoms with Crippen LogP contribution in [0.2, 0.25) is 0 Å². The first-order valence-electron chi connectivity index (χ1n) is 33.0. The third-order valence-electron chi connectivity index (χ3n) is 13.6. The summed E-state index contributed by atoms with van der Waals surface area (Å²) in [5.41, 5.74) is 0. The highest BCUT2D eigenvalue weighted by Gasteiger charge is 2.22. The molecule has 0 saturated carbocycles. The van der Waals surface area contributed by atoms with Gasteiger partial charge in [0.15, 0.2) is 12.4 Å². The first kappa shape index (κ1) is 78.2. The van der Waals surface area contributed by atoms with Gasteiger partial charge < -0.3 is 33.3 Å². The second-order valence-electron chi connectivity index (χ2n) is 22.7. The number of allylic oxidation sites excluding steroid dienone is 24. The number of hydrogen-bond donors (Lipinski definition) is 0. The summed E-state index contributed by atoms with van der Waals surface area (Å²) in [4.78, 5) is 37.4. The van der Waals surface area contributed by atoms with E-state index in [4.69, 9.17) is 18.9 Å². The van der Waals surface area contributed by atoms with E-state index in [1.165, 1.54) is 77.0 Å². The fourth-order valence-corrected chi connectivity index (χ4v) is 8.54. The number of carboxylic acids is 1. The van der Waals surface area contributed by atoms with Gasteiger partial charge in [-0.1, -0.05) is 256 Å². The van der Waals surface area contributed by atoms with Gasteiger partial charge in [0.25, 0.3) is 0 Å². The van der Waals surface area contributed by atoms with Gasteiger partial charge in [0.05, 0.1) is 40.3 Å². The summed E-state index contributed by atoms with van der Waals surface area (Å²) in [6.45, 7) is 4.59. The molecule has 2 unspecified atom stereocenters. The maximum Gasteiger partial charge on any atom is 0.306 e. The molecule has 0 aliphatic carbocycles. The molecule has 470 valence electrons. The standard InChI is InChI=1S/C74H121NO8/c1-6-8-10-12-14-16-18-20-22-24-26-28-29-30-31-32-33-34-35-36-37-38-39-40-41-42-43-45-47-49-51-53-55-57-59-61-63-65-72(77)83-70(69-82-74(73(78)79)80-67-66-75(3,4)5)68-81-71(76)64-62-60-58-56-54-52-50-48-46-44-27-25-23-21-19-17-15-13-11-9-7-2/h8,10,14,16,19-22,25-28,30-31,33-34,36-37,39-40,42-43,46,48,70,74H,6-7,9,11-13,15,17-18,23-24,29,32,35,38,41,44-45,47,49-69H2,1-5H3/b10-8-,16-14-,21-19-,22-20-,27-25-,28-26-,31-30-,34-33-,37-36-,40-39-,43-42-,48-46-. The number of ether oxygens (including phenoxy) is 4. The van der Waals surface area contributed by atoms with Crippen LogP contribution < -0.4 is 5.11 Å². The molecule has 0 aromatic heterocycles. The average molecular weight is 1150 g/mol. The highest BCUT2D eigenvalue weighted by atomic mass is 16.7. The Bertz CT molecular complexity index is 1870. The second-order valence-corrected chi connectivity index (χ2v) is 22.7. The molecule has 83 heavy (non-hydrogen) atoms. The maximum atomic E-state index is 12.9. The van der Waals surface area contributed by atoms with Gasteiger partial charge in [-0.15, -0.1) is 0 Å². The van der Waals surface area contributed by atoms with Gasteiger partial charge in [0.2, 0.25) is 0 Å². The summed E-state index contributed by atoms with van der Waals surface area (Å²) in [6, 6.07) is 0. The number of aliphatic carboxylic acids is 1. The molecule has 9 nitrogen and oxygen atoms in total. The smallest absolute Gasteiger partial charge is 0.306 e. The molecule has 0 bridgehead atoms. The normalized spacial score (nSPS) is 13.7. The van der Waals surface area contributed by atoms with Crippen molar-refractivity contribution in [3.63, 3.8) is 0 Å². The molecule has 0 heterocycles. The molecule has 0 aliphatic heterocycles.